The van der Waals surface area contributed by atoms with Gasteiger partial charge in [-0.2, -0.15) is 0 Å². The highest BCUT2D eigenvalue weighted by molar-refractivity contribution is 5.78. The Morgan fingerprint density at radius 3 is 2.29 bits per heavy atom. The summed E-state index contributed by atoms with van der Waals surface area (Å²) in [4.78, 5) is 12.0. The highest BCUT2D eigenvalue weighted by atomic mass is 16.3. The molecule has 2 saturated carbocycles. The number of nitrogens with one attached hydrogen (secondary N) is 1. The van der Waals surface area contributed by atoms with Crippen LogP contribution in [0.5, 0.6) is 0 Å². The van der Waals surface area contributed by atoms with Gasteiger partial charge in [-0.1, -0.05) is 32.1 Å². The Morgan fingerprint density at radius 1 is 1.00 bits per heavy atom. The van der Waals surface area contributed by atoms with Crippen molar-refractivity contribution in [2.75, 3.05) is 6.54 Å². The molecule has 2 N–H and O–H groups in total. The van der Waals surface area contributed by atoms with Crippen LogP contribution in [0.4, 0.5) is 0 Å². The van der Waals surface area contributed by atoms with Crippen molar-refractivity contribution in [3.8, 4) is 0 Å². The molecule has 0 aromatic rings. The molecule has 2 atom stereocenters. The minimum Gasteiger partial charge on any atom is -0.393 e. The molecule has 0 radical (unpaired) electrons. The maximum absolute atomic E-state index is 12.0. The summed E-state index contributed by atoms with van der Waals surface area (Å²) in [5.41, 5.74) is 0. The van der Waals surface area contributed by atoms with Gasteiger partial charge in [-0.15, -0.1) is 0 Å². The molecular weight excluding hydrogens is 214 g/mol. The van der Waals surface area contributed by atoms with Crippen LogP contribution in [0.15, 0.2) is 0 Å². The van der Waals surface area contributed by atoms with E-state index >= 15 is 0 Å². The van der Waals surface area contributed by atoms with Crippen LogP contribution >= 0.6 is 0 Å². The molecule has 0 heterocycles. The lowest BCUT2D eigenvalue weighted by Gasteiger charge is -2.18. The Labute approximate surface area is 104 Å². The van der Waals surface area contributed by atoms with Crippen molar-refractivity contribution in [3.05, 3.63) is 0 Å². The van der Waals surface area contributed by atoms with E-state index in [0.29, 0.717) is 12.5 Å². The van der Waals surface area contributed by atoms with Crippen LogP contribution in [0.1, 0.15) is 57.8 Å². The van der Waals surface area contributed by atoms with E-state index in [0.717, 1.165) is 32.1 Å². The maximum atomic E-state index is 12.0. The third-order valence-electron chi connectivity index (χ3n) is 4.38. The number of amides is 1. The van der Waals surface area contributed by atoms with Crippen molar-refractivity contribution < 1.29 is 9.90 Å². The summed E-state index contributed by atoms with van der Waals surface area (Å²) >= 11 is 0. The highest BCUT2D eigenvalue weighted by Gasteiger charge is 2.26. The number of carbonyl (C=O) groups is 1. The fourth-order valence-electron chi connectivity index (χ4n) is 3.17. The second-order valence-corrected chi connectivity index (χ2v) is 5.69. The third kappa shape index (κ3) is 3.70. The quantitative estimate of drug-likeness (QED) is 0.742. The molecule has 0 aromatic carbocycles. The molecule has 17 heavy (non-hydrogen) atoms. The molecule has 2 unspecified atom stereocenters. The van der Waals surface area contributed by atoms with E-state index in [1.807, 2.05) is 0 Å². The lowest BCUT2D eigenvalue weighted by atomic mass is 9.98. The van der Waals surface area contributed by atoms with E-state index in [1.54, 1.807) is 0 Å². The highest BCUT2D eigenvalue weighted by Crippen LogP contribution is 2.26. The average molecular weight is 239 g/mol. The van der Waals surface area contributed by atoms with Gasteiger partial charge in [0.05, 0.1) is 6.10 Å². The zero-order valence-corrected chi connectivity index (χ0v) is 10.7. The molecule has 1 amide bonds. The van der Waals surface area contributed by atoms with Crippen molar-refractivity contribution >= 4 is 5.91 Å². The number of aliphatic hydroxyl groups excluding tert-OH is 1. The third-order valence-corrected chi connectivity index (χ3v) is 4.38. The van der Waals surface area contributed by atoms with Gasteiger partial charge in [0, 0.05) is 18.4 Å². The lowest BCUT2D eigenvalue weighted by molar-refractivity contribution is -0.125. The summed E-state index contributed by atoms with van der Waals surface area (Å²) in [5.74, 6) is 0.756. The van der Waals surface area contributed by atoms with E-state index in [9.17, 15) is 9.90 Å². The van der Waals surface area contributed by atoms with Gasteiger partial charge in [-0.25, -0.2) is 0 Å². The maximum Gasteiger partial charge on any atom is 0.223 e. The van der Waals surface area contributed by atoms with Crippen molar-refractivity contribution in [1.29, 1.82) is 0 Å². The largest absolute Gasteiger partial charge is 0.393 e. The predicted molar refractivity (Wildman–Crippen MR) is 67.5 cm³/mol. The van der Waals surface area contributed by atoms with Gasteiger partial charge in [0.15, 0.2) is 0 Å². The normalized spacial score (nSPS) is 31.1. The van der Waals surface area contributed by atoms with Gasteiger partial charge in [0.1, 0.15) is 0 Å². The summed E-state index contributed by atoms with van der Waals surface area (Å²) in [5, 5.41) is 12.8. The molecule has 2 aliphatic rings. The van der Waals surface area contributed by atoms with E-state index in [2.05, 4.69) is 5.32 Å². The summed E-state index contributed by atoms with van der Waals surface area (Å²) < 4.78 is 0. The summed E-state index contributed by atoms with van der Waals surface area (Å²) in [6, 6.07) is 0. The molecule has 0 aliphatic heterocycles. The Hall–Kier alpha value is -0.570. The Kier molecular flexibility index (Phi) is 4.84. The van der Waals surface area contributed by atoms with Crippen LogP contribution in [0, 0.1) is 11.8 Å². The summed E-state index contributed by atoms with van der Waals surface area (Å²) in [7, 11) is 0. The van der Waals surface area contributed by atoms with Gasteiger partial charge >= 0.3 is 0 Å². The number of hydrogen-bond donors (Lipinski definition) is 2. The first-order valence-electron chi connectivity index (χ1n) is 7.23. The summed E-state index contributed by atoms with van der Waals surface area (Å²) in [6.07, 6.45) is 9.95. The van der Waals surface area contributed by atoms with Crippen LogP contribution in [0.25, 0.3) is 0 Å². The second-order valence-electron chi connectivity index (χ2n) is 5.69. The Balaban J connectivity index is 1.72. The smallest absolute Gasteiger partial charge is 0.223 e. The molecule has 0 aromatic heterocycles. The van der Waals surface area contributed by atoms with Crippen molar-refractivity contribution in [3.63, 3.8) is 0 Å². The predicted octanol–water partition coefficient (Wildman–Crippen LogP) is 2.23. The molecule has 0 saturated heterocycles. The molecule has 0 bridgehead atoms. The van der Waals surface area contributed by atoms with Crippen LogP contribution < -0.4 is 5.32 Å². The minimum atomic E-state index is -0.190. The number of rotatable bonds is 3. The van der Waals surface area contributed by atoms with Crippen molar-refractivity contribution in [2.45, 2.75) is 63.9 Å². The zero-order valence-electron chi connectivity index (χ0n) is 10.7. The first-order chi connectivity index (χ1) is 8.27. The van der Waals surface area contributed by atoms with Crippen molar-refractivity contribution in [1.82, 2.24) is 5.32 Å². The van der Waals surface area contributed by atoms with E-state index < -0.39 is 0 Å². The monoisotopic (exact) mass is 239 g/mol. The molecule has 2 fully saturated rings. The van der Waals surface area contributed by atoms with Crippen molar-refractivity contribution in [2.24, 2.45) is 11.8 Å². The Morgan fingerprint density at radius 2 is 1.71 bits per heavy atom. The van der Waals surface area contributed by atoms with Crippen LogP contribution in [-0.4, -0.2) is 23.7 Å². The average Bonchev–Trinajstić information content (AvgIpc) is 2.58. The fourth-order valence-corrected chi connectivity index (χ4v) is 3.17. The molecule has 2 rings (SSSR count). The van der Waals surface area contributed by atoms with Crippen LogP contribution in [-0.2, 0) is 4.79 Å². The number of aliphatic hydroxyl groups is 1. The summed E-state index contributed by atoms with van der Waals surface area (Å²) in [6.45, 7) is 0.677. The SMILES string of the molecule is O=C(NCC1CCCC1O)C1CCCCCC1. The van der Waals surface area contributed by atoms with Gasteiger partial charge < -0.3 is 10.4 Å². The van der Waals surface area contributed by atoms with Crippen LogP contribution in [0.3, 0.4) is 0 Å². The molecule has 0 spiro atoms. The van der Waals surface area contributed by atoms with Gasteiger partial charge in [-0.05, 0) is 25.7 Å². The fraction of sp³-hybridized carbons (Fsp3) is 0.929. The van der Waals surface area contributed by atoms with Gasteiger partial charge in [0.2, 0.25) is 5.91 Å². The number of hydrogen-bond acceptors (Lipinski definition) is 2. The molecular formula is C14H25NO2. The minimum absolute atomic E-state index is 0.190. The van der Waals surface area contributed by atoms with E-state index in [1.165, 1.54) is 25.7 Å². The molecule has 3 heteroatoms. The molecule has 2 aliphatic carbocycles. The topological polar surface area (TPSA) is 49.3 Å². The molecule has 3 nitrogen and oxygen atoms in total. The lowest BCUT2D eigenvalue weighted by Crippen LogP contribution is -2.36. The standard InChI is InChI=1S/C14H25NO2/c16-13-9-5-8-12(13)10-15-14(17)11-6-3-1-2-4-7-11/h11-13,16H,1-10H2,(H,15,17). The van der Waals surface area contributed by atoms with Gasteiger partial charge in [0.25, 0.3) is 0 Å². The van der Waals surface area contributed by atoms with E-state index in [4.69, 9.17) is 0 Å². The second kappa shape index (κ2) is 6.39. The van der Waals surface area contributed by atoms with Gasteiger partial charge in [-0.3, -0.25) is 4.79 Å². The number of carbonyl (C=O) groups excluding carboxylic acids is 1. The zero-order chi connectivity index (χ0) is 12.1. The first-order valence-corrected chi connectivity index (χ1v) is 7.23. The molecule has 98 valence electrons. The first kappa shape index (κ1) is 12.9. The van der Waals surface area contributed by atoms with E-state index in [-0.39, 0.29) is 17.9 Å². The van der Waals surface area contributed by atoms with Crippen LogP contribution in [0.2, 0.25) is 0 Å². The Bertz CT molecular complexity index is 247.